The van der Waals surface area contributed by atoms with Crippen molar-refractivity contribution in [1.29, 1.82) is 0 Å². The summed E-state index contributed by atoms with van der Waals surface area (Å²) in [6.07, 6.45) is 0.0851. The summed E-state index contributed by atoms with van der Waals surface area (Å²) in [4.78, 5) is 11.8. The van der Waals surface area contributed by atoms with Gasteiger partial charge in [-0.1, -0.05) is 18.2 Å². The second kappa shape index (κ2) is 5.52. The summed E-state index contributed by atoms with van der Waals surface area (Å²) in [7, 11) is 0. The number of hydrogen-bond acceptors (Lipinski definition) is 2. The first kappa shape index (κ1) is 13.1. The van der Waals surface area contributed by atoms with Crippen LogP contribution in [0.25, 0.3) is 0 Å². The number of phenols is 1. The van der Waals surface area contributed by atoms with Crippen LogP contribution in [0, 0.1) is 12.7 Å². The quantitative estimate of drug-likeness (QED) is 0.890. The number of benzene rings is 2. The summed E-state index contributed by atoms with van der Waals surface area (Å²) in [6.45, 7) is 1.82. The number of carbonyl (C=O) groups is 1. The molecule has 19 heavy (non-hydrogen) atoms. The minimum atomic E-state index is -0.463. The summed E-state index contributed by atoms with van der Waals surface area (Å²) in [5.41, 5.74) is 1.71. The van der Waals surface area contributed by atoms with Crippen LogP contribution in [0.1, 0.15) is 11.1 Å². The van der Waals surface area contributed by atoms with Crippen molar-refractivity contribution in [3.05, 3.63) is 59.4 Å². The van der Waals surface area contributed by atoms with Crippen LogP contribution >= 0.6 is 0 Å². The van der Waals surface area contributed by atoms with Crippen molar-refractivity contribution in [2.24, 2.45) is 0 Å². The van der Waals surface area contributed by atoms with Gasteiger partial charge in [0.25, 0.3) is 0 Å². The number of phenolic OH excluding ortho intramolecular Hbond substituents is 1. The zero-order valence-electron chi connectivity index (χ0n) is 10.5. The zero-order chi connectivity index (χ0) is 13.8. The van der Waals surface area contributed by atoms with E-state index in [4.69, 9.17) is 0 Å². The largest absolute Gasteiger partial charge is 0.508 e. The van der Waals surface area contributed by atoms with Crippen LogP contribution in [0.2, 0.25) is 0 Å². The van der Waals surface area contributed by atoms with Crippen LogP contribution in [-0.4, -0.2) is 11.0 Å². The molecule has 98 valence electrons. The van der Waals surface area contributed by atoms with Gasteiger partial charge in [0.05, 0.1) is 12.1 Å². The number of nitrogens with one attached hydrogen (secondary N) is 1. The van der Waals surface area contributed by atoms with Gasteiger partial charge >= 0.3 is 0 Å². The fourth-order valence-electron chi connectivity index (χ4n) is 1.78. The highest BCUT2D eigenvalue weighted by atomic mass is 19.1. The summed E-state index contributed by atoms with van der Waals surface area (Å²) in [5.74, 6) is -0.683. The van der Waals surface area contributed by atoms with Gasteiger partial charge in [-0.25, -0.2) is 4.39 Å². The van der Waals surface area contributed by atoms with Crippen molar-refractivity contribution < 1.29 is 14.3 Å². The molecule has 1 amide bonds. The van der Waals surface area contributed by atoms with Crippen LogP contribution in [-0.2, 0) is 11.2 Å². The van der Waals surface area contributed by atoms with Crippen LogP contribution < -0.4 is 5.32 Å². The molecule has 0 aromatic heterocycles. The maximum atomic E-state index is 13.5. The van der Waals surface area contributed by atoms with Crippen molar-refractivity contribution in [2.75, 3.05) is 5.32 Å². The van der Waals surface area contributed by atoms with E-state index >= 15 is 0 Å². The standard InChI is InChI=1S/C15H14FNO2/c1-10-5-6-13(16)14(7-10)17-15(19)9-11-3-2-4-12(18)8-11/h2-8,18H,9H2,1H3,(H,17,19). The minimum absolute atomic E-state index is 0.0851. The molecular formula is C15H14FNO2. The Morgan fingerprint density at radius 1 is 1.26 bits per heavy atom. The van der Waals surface area contributed by atoms with Crippen LogP contribution in [0.15, 0.2) is 42.5 Å². The molecule has 2 rings (SSSR count). The average Bonchev–Trinajstić information content (AvgIpc) is 2.34. The zero-order valence-corrected chi connectivity index (χ0v) is 10.5. The van der Waals surface area contributed by atoms with Gasteiger partial charge in [0.15, 0.2) is 0 Å². The number of rotatable bonds is 3. The van der Waals surface area contributed by atoms with Gasteiger partial charge in [-0.2, -0.15) is 0 Å². The number of aromatic hydroxyl groups is 1. The molecule has 3 nitrogen and oxygen atoms in total. The second-order valence-corrected chi connectivity index (χ2v) is 4.38. The first-order valence-electron chi connectivity index (χ1n) is 5.88. The number of halogens is 1. The van der Waals surface area contributed by atoms with Crippen molar-refractivity contribution >= 4 is 11.6 Å². The van der Waals surface area contributed by atoms with E-state index in [1.807, 2.05) is 6.92 Å². The molecular weight excluding hydrogens is 245 g/mol. The lowest BCUT2D eigenvalue weighted by atomic mass is 10.1. The molecule has 0 unspecified atom stereocenters. The Balaban J connectivity index is 2.07. The molecule has 0 aliphatic heterocycles. The van der Waals surface area contributed by atoms with Gasteiger partial charge in [-0.3, -0.25) is 4.79 Å². The van der Waals surface area contributed by atoms with E-state index in [1.54, 1.807) is 24.3 Å². The van der Waals surface area contributed by atoms with E-state index < -0.39 is 5.82 Å². The predicted octanol–water partition coefficient (Wildman–Crippen LogP) is 3.02. The molecule has 2 aromatic rings. The molecule has 4 heteroatoms. The van der Waals surface area contributed by atoms with Crippen LogP contribution in [0.5, 0.6) is 5.75 Å². The number of anilines is 1. The highest BCUT2D eigenvalue weighted by molar-refractivity contribution is 5.92. The third-order valence-corrected chi connectivity index (χ3v) is 2.67. The van der Waals surface area contributed by atoms with Crippen molar-refractivity contribution in [2.45, 2.75) is 13.3 Å². The van der Waals surface area contributed by atoms with E-state index in [0.29, 0.717) is 5.56 Å². The molecule has 0 aliphatic rings. The third-order valence-electron chi connectivity index (χ3n) is 2.67. The molecule has 0 spiro atoms. The molecule has 0 fully saturated rings. The molecule has 0 saturated heterocycles. The van der Waals surface area contributed by atoms with E-state index in [9.17, 15) is 14.3 Å². The summed E-state index contributed by atoms with van der Waals surface area (Å²) in [6, 6.07) is 11.0. The predicted molar refractivity (Wildman–Crippen MR) is 71.6 cm³/mol. The molecule has 2 N–H and O–H groups in total. The number of carbonyl (C=O) groups excluding carboxylic acids is 1. The van der Waals surface area contributed by atoms with Gasteiger partial charge in [0.2, 0.25) is 5.91 Å². The van der Waals surface area contributed by atoms with E-state index in [2.05, 4.69) is 5.32 Å². The Kier molecular flexibility index (Phi) is 3.80. The molecule has 0 heterocycles. The molecule has 0 bridgehead atoms. The van der Waals surface area contributed by atoms with Gasteiger partial charge in [-0.15, -0.1) is 0 Å². The van der Waals surface area contributed by atoms with Crippen molar-refractivity contribution in [1.82, 2.24) is 0 Å². The molecule has 0 aliphatic carbocycles. The highest BCUT2D eigenvalue weighted by Crippen LogP contribution is 2.17. The lowest BCUT2D eigenvalue weighted by molar-refractivity contribution is -0.115. The van der Waals surface area contributed by atoms with Crippen LogP contribution in [0.3, 0.4) is 0 Å². The lowest BCUT2D eigenvalue weighted by Crippen LogP contribution is -2.15. The highest BCUT2D eigenvalue weighted by Gasteiger charge is 2.08. The molecule has 0 atom stereocenters. The smallest absolute Gasteiger partial charge is 0.228 e. The molecule has 0 radical (unpaired) electrons. The van der Waals surface area contributed by atoms with E-state index in [0.717, 1.165) is 5.56 Å². The van der Waals surface area contributed by atoms with Crippen LogP contribution in [0.4, 0.5) is 10.1 Å². The fourth-order valence-corrected chi connectivity index (χ4v) is 1.78. The average molecular weight is 259 g/mol. The van der Waals surface area contributed by atoms with Crippen molar-refractivity contribution in [3.8, 4) is 5.75 Å². The van der Waals surface area contributed by atoms with Gasteiger partial charge < -0.3 is 10.4 Å². The normalized spacial score (nSPS) is 10.2. The number of hydrogen-bond donors (Lipinski definition) is 2. The Bertz CT molecular complexity index is 611. The van der Waals surface area contributed by atoms with Gasteiger partial charge in [0.1, 0.15) is 11.6 Å². The Hall–Kier alpha value is -2.36. The summed E-state index contributed by atoms with van der Waals surface area (Å²) >= 11 is 0. The molecule has 2 aromatic carbocycles. The Labute approximate surface area is 110 Å². The van der Waals surface area contributed by atoms with Gasteiger partial charge in [-0.05, 0) is 42.3 Å². The monoisotopic (exact) mass is 259 g/mol. The Morgan fingerprint density at radius 3 is 2.79 bits per heavy atom. The summed E-state index contributed by atoms with van der Waals surface area (Å²) < 4.78 is 13.5. The maximum Gasteiger partial charge on any atom is 0.228 e. The van der Waals surface area contributed by atoms with E-state index in [1.165, 1.54) is 18.2 Å². The maximum absolute atomic E-state index is 13.5. The number of aryl methyl sites for hydroxylation is 1. The van der Waals surface area contributed by atoms with Gasteiger partial charge in [0, 0.05) is 0 Å². The second-order valence-electron chi connectivity index (χ2n) is 4.38. The lowest BCUT2D eigenvalue weighted by Gasteiger charge is -2.07. The number of amides is 1. The first-order valence-corrected chi connectivity index (χ1v) is 5.88. The Morgan fingerprint density at radius 2 is 2.05 bits per heavy atom. The summed E-state index contributed by atoms with van der Waals surface area (Å²) in [5, 5.41) is 11.8. The van der Waals surface area contributed by atoms with E-state index in [-0.39, 0.29) is 23.8 Å². The minimum Gasteiger partial charge on any atom is -0.508 e. The SMILES string of the molecule is Cc1ccc(F)c(NC(=O)Cc2cccc(O)c2)c1. The first-order chi connectivity index (χ1) is 9.04. The van der Waals surface area contributed by atoms with Crippen molar-refractivity contribution in [3.63, 3.8) is 0 Å². The topological polar surface area (TPSA) is 49.3 Å². The third kappa shape index (κ3) is 3.55. The molecule has 0 saturated carbocycles. The fraction of sp³-hybridized carbons (Fsp3) is 0.133.